The van der Waals surface area contributed by atoms with Crippen LogP contribution in [0, 0.1) is 5.92 Å². The molecule has 3 aromatic heterocycles. The Balaban J connectivity index is 1.59. The Kier molecular flexibility index (Phi) is 3.89. The van der Waals surface area contributed by atoms with Crippen molar-refractivity contribution in [2.24, 2.45) is 5.92 Å². The van der Waals surface area contributed by atoms with E-state index in [0.29, 0.717) is 31.0 Å². The maximum Gasteiger partial charge on any atom is 0.405 e. The number of aromatic amines is 1. The second-order valence-corrected chi connectivity index (χ2v) is 6.22. The number of rotatable bonds is 3. The van der Waals surface area contributed by atoms with E-state index >= 15 is 0 Å². The number of alkyl halides is 3. The third kappa shape index (κ3) is 3.02. The summed E-state index contributed by atoms with van der Waals surface area (Å²) in [6, 6.07) is 1.84. The highest BCUT2D eigenvalue weighted by Crippen LogP contribution is 2.32. The Morgan fingerprint density at radius 1 is 1.35 bits per heavy atom. The monoisotopic (exact) mass is 364 g/mol. The Morgan fingerprint density at radius 2 is 2.19 bits per heavy atom. The predicted molar refractivity (Wildman–Crippen MR) is 88.6 cm³/mol. The van der Waals surface area contributed by atoms with E-state index in [2.05, 4.69) is 19.9 Å². The Labute approximate surface area is 145 Å². The van der Waals surface area contributed by atoms with E-state index in [1.807, 2.05) is 16.3 Å². The first-order chi connectivity index (χ1) is 12.4. The fraction of sp³-hybridized carbons (Fsp3) is 0.375. The van der Waals surface area contributed by atoms with Crippen LogP contribution in [0.15, 0.2) is 24.8 Å². The maximum atomic E-state index is 12.3. The summed E-state index contributed by atoms with van der Waals surface area (Å²) in [6.45, 7) is -0.461. The number of carbonyl (C=O) groups excluding carboxylic acids is 1. The van der Waals surface area contributed by atoms with Gasteiger partial charge in [0.2, 0.25) is 5.91 Å². The van der Waals surface area contributed by atoms with Crippen molar-refractivity contribution >= 4 is 33.7 Å². The van der Waals surface area contributed by atoms with Gasteiger partial charge in [-0.25, -0.2) is 15.0 Å². The molecule has 136 valence electrons. The second kappa shape index (κ2) is 6.11. The summed E-state index contributed by atoms with van der Waals surface area (Å²) in [5.74, 6) is -0.419. The average molecular weight is 364 g/mol. The Bertz CT molecular complexity index is 969. The summed E-state index contributed by atoms with van der Waals surface area (Å²) in [7, 11) is 0. The smallest absolute Gasteiger partial charge is 0.355 e. The molecule has 0 spiro atoms. The summed E-state index contributed by atoms with van der Waals surface area (Å²) >= 11 is 0. The summed E-state index contributed by atoms with van der Waals surface area (Å²) in [4.78, 5) is 29.8. The highest BCUT2D eigenvalue weighted by Gasteiger charge is 2.33. The van der Waals surface area contributed by atoms with E-state index in [9.17, 15) is 18.0 Å². The molecule has 1 unspecified atom stereocenters. The zero-order valence-corrected chi connectivity index (χ0v) is 13.5. The molecule has 0 saturated carbocycles. The van der Waals surface area contributed by atoms with Crippen LogP contribution in [0.4, 0.5) is 19.0 Å². The lowest BCUT2D eigenvalue weighted by molar-refractivity contribution is -0.140. The van der Waals surface area contributed by atoms with Gasteiger partial charge in [-0.3, -0.25) is 4.79 Å². The molecule has 0 bridgehead atoms. The molecule has 1 atom stereocenters. The molecule has 3 aromatic rings. The Morgan fingerprint density at radius 3 is 3.00 bits per heavy atom. The van der Waals surface area contributed by atoms with Gasteiger partial charge in [0.15, 0.2) is 5.65 Å². The van der Waals surface area contributed by atoms with Gasteiger partial charge in [-0.15, -0.1) is 0 Å². The van der Waals surface area contributed by atoms with Gasteiger partial charge in [0.1, 0.15) is 12.4 Å². The van der Waals surface area contributed by atoms with Crippen LogP contribution >= 0.6 is 0 Å². The van der Waals surface area contributed by atoms with Gasteiger partial charge in [0.05, 0.1) is 29.3 Å². The number of nitrogens with zero attached hydrogens (tertiary/aromatic N) is 4. The van der Waals surface area contributed by atoms with Gasteiger partial charge >= 0.3 is 6.18 Å². The van der Waals surface area contributed by atoms with Crippen LogP contribution in [0.5, 0.6) is 0 Å². The van der Waals surface area contributed by atoms with Crippen molar-refractivity contribution in [2.75, 3.05) is 24.5 Å². The molecule has 10 heteroatoms. The number of pyridine rings is 1. The van der Waals surface area contributed by atoms with Gasteiger partial charge in [-0.05, 0) is 12.5 Å². The number of amides is 1. The number of anilines is 1. The highest BCUT2D eigenvalue weighted by molar-refractivity contribution is 6.09. The number of aromatic nitrogens is 4. The second-order valence-electron chi connectivity index (χ2n) is 6.22. The first kappa shape index (κ1) is 16.6. The first-order valence-corrected chi connectivity index (χ1v) is 8.08. The van der Waals surface area contributed by atoms with Gasteiger partial charge in [-0.1, -0.05) is 0 Å². The first-order valence-electron chi connectivity index (χ1n) is 8.08. The number of halogens is 3. The van der Waals surface area contributed by atoms with Gasteiger partial charge < -0.3 is 15.2 Å². The largest absolute Gasteiger partial charge is 0.405 e. The fourth-order valence-corrected chi connectivity index (χ4v) is 3.28. The van der Waals surface area contributed by atoms with Crippen molar-refractivity contribution in [3.63, 3.8) is 0 Å². The molecule has 1 saturated heterocycles. The maximum absolute atomic E-state index is 12.3. The van der Waals surface area contributed by atoms with E-state index < -0.39 is 24.5 Å². The molecule has 4 heterocycles. The molecular weight excluding hydrogens is 349 g/mol. The molecule has 4 rings (SSSR count). The van der Waals surface area contributed by atoms with Crippen LogP contribution in [0.2, 0.25) is 0 Å². The highest BCUT2D eigenvalue weighted by atomic mass is 19.4. The minimum absolute atomic E-state index is 0.313. The molecule has 1 amide bonds. The molecule has 7 nitrogen and oxygen atoms in total. The Hall–Kier alpha value is -2.91. The lowest BCUT2D eigenvalue weighted by Gasteiger charge is -2.19. The number of hydrogen-bond donors (Lipinski definition) is 2. The van der Waals surface area contributed by atoms with Crippen LogP contribution < -0.4 is 10.2 Å². The van der Waals surface area contributed by atoms with E-state index in [1.165, 1.54) is 0 Å². The van der Waals surface area contributed by atoms with Gasteiger partial charge in [-0.2, -0.15) is 13.2 Å². The van der Waals surface area contributed by atoms with Crippen molar-refractivity contribution in [3.8, 4) is 0 Å². The zero-order valence-electron chi connectivity index (χ0n) is 13.5. The summed E-state index contributed by atoms with van der Waals surface area (Å²) in [5, 5.41) is 3.64. The number of H-pyrrole nitrogens is 1. The summed E-state index contributed by atoms with van der Waals surface area (Å²) in [5.41, 5.74) is 1.37. The summed E-state index contributed by atoms with van der Waals surface area (Å²) < 4.78 is 36.9. The van der Waals surface area contributed by atoms with Crippen LogP contribution in [-0.2, 0) is 4.79 Å². The van der Waals surface area contributed by atoms with Crippen LogP contribution in [-0.4, -0.2) is 51.7 Å². The van der Waals surface area contributed by atoms with Crippen molar-refractivity contribution < 1.29 is 18.0 Å². The van der Waals surface area contributed by atoms with Crippen molar-refractivity contribution in [1.82, 2.24) is 25.3 Å². The summed E-state index contributed by atoms with van der Waals surface area (Å²) in [6.07, 6.45) is 0.923. The fourth-order valence-electron chi connectivity index (χ4n) is 3.28. The standard InChI is InChI=1S/C16H15F3N6O/c17-16(18,19)7-22-15(26)9-2-4-25(6-9)14-12-10-1-3-20-13(10)21-5-11(12)23-8-24-14/h1,3,5,8-9H,2,4,6-7H2,(H,22,26)(H,23,24). The molecule has 26 heavy (non-hydrogen) atoms. The molecule has 0 aliphatic carbocycles. The number of nitrogens with one attached hydrogen (secondary N) is 2. The lowest BCUT2D eigenvalue weighted by atomic mass is 10.1. The van der Waals surface area contributed by atoms with Crippen molar-refractivity contribution in [3.05, 3.63) is 24.8 Å². The number of fused-ring (bicyclic) bond motifs is 3. The molecule has 1 aliphatic heterocycles. The van der Waals surface area contributed by atoms with E-state index in [0.717, 1.165) is 16.3 Å². The zero-order chi connectivity index (χ0) is 18.3. The van der Waals surface area contributed by atoms with Crippen LogP contribution in [0.3, 0.4) is 0 Å². The molecule has 1 aliphatic rings. The average Bonchev–Trinajstić information content (AvgIpc) is 3.27. The van der Waals surface area contributed by atoms with E-state index in [4.69, 9.17) is 0 Å². The van der Waals surface area contributed by atoms with Crippen molar-refractivity contribution in [1.29, 1.82) is 0 Å². The van der Waals surface area contributed by atoms with Crippen molar-refractivity contribution in [2.45, 2.75) is 12.6 Å². The minimum Gasteiger partial charge on any atom is -0.355 e. The topological polar surface area (TPSA) is 86.8 Å². The lowest BCUT2D eigenvalue weighted by Crippen LogP contribution is -2.38. The quantitative estimate of drug-likeness (QED) is 0.742. The van der Waals surface area contributed by atoms with Gasteiger partial charge in [0.25, 0.3) is 0 Å². The van der Waals surface area contributed by atoms with E-state index in [-0.39, 0.29) is 0 Å². The molecular formula is C16H15F3N6O. The number of carbonyl (C=O) groups is 1. The van der Waals surface area contributed by atoms with E-state index in [1.54, 1.807) is 18.7 Å². The molecule has 1 fully saturated rings. The predicted octanol–water partition coefficient (Wildman–Crippen LogP) is 2.01. The minimum atomic E-state index is -4.41. The molecule has 0 aromatic carbocycles. The number of hydrogen-bond acceptors (Lipinski definition) is 5. The molecule has 0 radical (unpaired) electrons. The van der Waals surface area contributed by atoms with Crippen LogP contribution in [0.25, 0.3) is 21.9 Å². The normalized spacial score (nSPS) is 18.0. The third-order valence-electron chi connectivity index (χ3n) is 4.49. The third-order valence-corrected chi connectivity index (χ3v) is 4.49. The van der Waals surface area contributed by atoms with Gasteiger partial charge in [0, 0.05) is 24.7 Å². The molecule has 2 N–H and O–H groups in total. The van der Waals surface area contributed by atoms with Crippen LogP contribution in [0.1, 0.15) is 6.42 Å². The SMILES string of the molecule is O=C(NCC(F)(F)F)C1CCN(c2nc[nH]c3cnc4nccc4c23)C1.